The SMILES string of the molecule is Cc1ccn(CCC2CCOCC2)n1. The zero-order chi connectivity index (χ0) is 9.80. The third-order valence-corrected chi connectivity index (χ3v) is 2.88. The zero-order valence-corrected chi connectivity index (χ0v) is 8.78. The van der Waals surface area contributed by atoms with Crippen molar-refractivity contribution in [3.63, 3.8) is 0 Å². The molecule has 2 heterocycles. The van der Waals surface area contributed by atoms with Gasteiger partial charge in [0.05, 0.1) is 5.69 Å². The molecule has 0 amide bonds. The monoisotopic (exact) mass is 194 g/mol. The third kappa shape index (κ3) is 2.58. The number of rotatable bonds is 3. The fraction of sp³-hybridized carbons (Fsp3) is 0.727. The van der Waals surface area contributed by atoms with Gasteiger partial charge < -0.3 is 4.74 Å². The summed E-state index contributed by atoms with van der Waals surface area (Å²) in [7, 11) is 0. The average Bonchev–Trinajstić information content (AvgIpc) is 2.63. The van der Waals surface area contributed by atoms with E-state index >= 15 is 0 Å². The van der Waals surface area contributed by atoms with Crippen LogP contribution in [0.3, 0.4) is 0 Å². The van der Waals surface area contributed by atoms with E-state index in [9.17, 15) is 0 Å². The maximum absolute atomic E-state index is 5.33. The summed E-state index contributed by atoms with van der Waals surface area (Å²) in [5, 5.41) is 4.38. The van der Waals surface area contributed by atoms with E-state index < -0.39 is 0 Å². The van der Waals surface area contributed by atoms with Gasteiger partial charge >= 0.3 is 0 Å². The molecule has 1 aromatic rings. The van der Waals surface area contributed by atoms with Crippen LogP contribution in [0, 0.1) is 12.8 Å². The molecule has 0 atom stereocenters. The van der Waals surface area contributed by atoms with E-state index in [1.54, 1.807) is 0 Å². The van der Waals surface area contributed by atoms with Crippen molar-refractivity contribution in [2.24, 2.45) is 5.92 Å². The lowest BCUT2D eigenvalue weighted by molar-refractivity contribution is 0.0623. The molecule has 0 aromatic carbocycles. The van der Waals surface area contributed by atoms with Crippen LogP contribution in [0.5, 0.6) is 0 Å². The largest absolute Gasteiger partial charge is 0.381 e. The van der Waals surface area contributed by atoms with Gasteiger partial charge in [-0.2, -0.15) is 5.10 Å². The number of aryl methyl sites for hydroxylation is 2. The number of hydrogen-bond acceptors (Lipinski definition) is 2. The minimum atomic E-state index is 0.841. The van der Waals surface area contributed by atoms with Gasteiger partial charge in [0.25, 0.3) is 0 Å². The second kappa shape index (κ2) is 4.60. The fourth-order valence-corrected chi connectivity index (χ4v) is 1.94. The van der Waals surface area contributed by atoms with Crippen LogP contribution in [-0.4, -0.2) is 23.0 Å². The summed E-state index contributed by atoms with van der Waals surface area (Å²) in [6, 6.07) is 2.06. The molecule has 0 N–H and O–H groups in total. The molecular weight excluding hydrogens is 176 g/mol. The molecule has 1 aromatic heterocycles. The minimum absolute atomic E-state index is 0.841. The highest BCUT2D eigenvalue weighted by Crippen LogP contribution is 2.18. The Kier molecular flexibility index (Phi) is 3.19. The summed E-state index contributed by atoms with van der Waals surface area (Å²) < 4.78 is 7.38. The van der Waals surface area contributed by atoms with Crippen LogP contribution in [0.4, 0.5) is 0 Å². The Balaban J connectivity index is 1.76. The van der Waals surface area contributed by atoms with Crippen molar-refractivity contribution in [1.29, 1.82) is 0 Å². The molecular formula is C11H18N2O. The van der Waals surface area contributed by atoms with Gasteiger partial charge in [0, 0.05) is 26.0 Å². The van der Waals surface area contributed by atoms with Crippen LogP contribution in [0.2, 0.25) is 0 Å². The highest BCUT2D eigenvalue weighted by molar-refractivity contribution is 4.94. The highest BCUT2D eigenvalue weighted by Gasteiger charge is 2.13. The highest BCUT2D eigenvalue weighted by atomic mass is 16.5. The smallest absolute Gasteiger partial charge is 0.0593 e. The molecule has 3 heteroatoms. The van der Waals surface area contributed by atoms with Crippen LogP contribution >= 0.6 is 0 Å². The Morgan fingerprint density at radius 1 is 1.50 bits per heavy atom. The van der Waals surface area contributed by atoms with Crippen LogP contribution < -0.4 is 0 Å². The Bertz CT molecular complexity index is 277. The minimum Gasteiger partial charge on any atom is -0.381 e. The van der Waals surface area contributed by atoms with Crippen molar-refractivity contribution in [3.05, 3.63) is 18.0 Å². The molecule has 14 heavy (non-hydrogen) atoms. The van der Waals surface area contributed by atoms with E-state index in [0.717, 1.165) is 31.4 Å². The molecule has 2 rings (SSSR count). The number of ether oxygens (including phenoxy) is 1. The maximum atomic E-state index is 5.33. The van der Waals surface area contributed by atoms with Gasteiger partial charge in [-0.1, -0.05) is 0 Å². The fourth-order valence-electron chi connectivity index (χ4n) is 1.94. The van der Waals surface area contributed by atoms with Crippen LogP contribution in [0.25, 0.3) is 0 Å². The summed E-state index contributed by atoms with van der Waals surface area (Å²) in [5.41, 5.74) is 1.11. The number of nitrogens with zero attached hydrogens (tertiary/aromatic N) is 2. The number of hydrogen-bond donors (Lipinski definition) is 0. The van der Waals surface area contributed by atoms with Crippen molar-refractivity contribution >= 4 is 0 Å². The van der Waals surface area contributed by atoms with Crippen molar-refractivity contribution < 1.29 is 4.74 Å². The van der Waals surface area contributed by atoms with Gasteiger partial charge in [-0.15, -0.1) is 0 Å². The average molecular weight is 194 g/mol. The lowest BCUT2D eigenvalue weighted by atomic mass is 9.97. The summed E-state index contributed by atoms with van der Waals surface area (Å²) in [6.07, 6.45) is 5.75. The molecule has 0 saturated carbocycles. The normalized spacial score (nSPS) is 18.6. The van der Waals surface area contributed by atoms with Gasteiger partial charge in [-0.25, -0.2) is 0 Å². The number of aromatic nitrogens is 2. The Morgan fingerprint density at radius 2 is 2.29 bits per heavy atom. The summed E-state index contributed by atoms with van der Waals surface area (Å²) in [6.45, 7) is 4.98. The first kappa shape index (κ1) is 9.71. The lowest BCUT2D eigenvalue weighted by Crippen LogP contribution is -2.17. The molecule has 78 valence electrons. The second-order valence-corrected chi connectivity index (χ2v) is 4.06. The van der Waals surface area contributed by atoms with Gasteiger partial charge in [-0.3, -0.25) is 4.68 Å². The quantitative estimate of drug-likeness (QED) is 0.736. The van der Waals surface area contributed by atoms with E-state index in [0.29, 0.717) is 0 Å². The van der Waals surface area contributed by atoms with Crippen molar-refractivity contribution in [1.82, 2.24) is 9.78 Å². The first-order valence-corrected chi connectivity index (χ1v) is 5.42. The first-order chi connectivity index (χ1) is 6.84. The predicted molar refractivity (Wildman–Crippen MR) is 55.1 cm³/mol. The molecule has 0 bridgehead atoms. The van der Waals surface area contributed by atoms with Crippen molar-refractivity contribution in [2.75, 3.05) is 13.2 Å². The van der Waals surface area contributed by atoms with Gasteiger partial charge in [0.1, 0.15) is 0 Å². The molecule has 1 saturated heterocycles. The molecule has 0 aliphatic carbocycles. The second-order valence-electron chi connectivity index (χ2n) is 4.06. The topological polar surface area (TPSA) is 27.1 Å². The molecule has 1 aliphatic heterocycles. The van der Waals surface area contributed by atoms with E-state index in [1.165, 1.54) is 19.3 Å². The zero-order valence-electron chi connectivity index (χ0n) is 8.78. The van der Waals surface area contributed by atoms with Gasteiger partial charge in [0.2, 0.25) is 0 Å². The van der Waals surface area contributed by atoms with E-state index in [-0.39, 0.29) is 0 Å². The third-order valence-electron chi connectivity index (χ3n) is 2.88. The summed E-state index contributed by atoms with van der Waals surface area (Å²) >= 11 is 0. The van der Waals surface area contributed by atoms with Gasteiger partial charge in [0.15, 0.2) is 0 Å². The standard InChI is InChI=1S/C11H18N2O/c1-10-2-6-13(12-10)7-3-11-4-8-14-9-5-11/h2,6,11H,3-5,7-9H2,1H3. The molecule has 1 aliphatic rings. The van der Waals surface area contributed by atoms with E-state index in [4.69, 9.17) is 4.74 Å². The summed E-state index contributed by atoms with van der Waals surface area (Å²) in [5.74, 6) is 0.841. The molecule has 1 fully saturated rings. The van der Waals surface area contributed by atoms with Crippen LogP contribution in [-0.2, 0) is 11.3 Å². The molecule has 0 spiro atoms. The van der Waals surface area contributed by atoms with Crippen LogP contribution in [0.15, 0.2) is 12.3 Å². The predicted octanol–water partition coefficient (Wildman–Crippen LogP) is 2.01. The van der Waals surface area contributed by atoms with Crippen LogP contribution in [0.1, 0.15) is 25.0 Å². The molecule has 3 nitrogen and oxygen atoms in total. The molecule has 0 radical (unpaired) electrons. The van der Waals surface area contributed by atoms with Crippen molar-refractivity contribution in [3.8, 4) is 0 Å². The van der Waals surface area contributed by atoms with Gasteiger partial charge in [-0.05, 0) is 38.2 Å². The Hall–Kier alpha value is -0.830. The first-order valence-electron chi connectivity index (χ1n) is 5.42. The molecule has 0 unspecified atom stereocenters. The van der Waals surface area contributed by atoms with Crippen molar-refractivity contribution in [2.45, 2.75) is 32.7 Å². The Labute approximate surface area is 85.1 Å². The summed E-state index contributed by atoms with van der Waals surface area (Å²) in [4.78, 5) is 0. The Morgan fingerprint density at radius 3 is 2.93 bits per heavy atom. The van der Waals surface area contributed by atoms with E-state index in [1.807, 2.05) is 11.6 Å². The van der Waals surface area contributed by atoms with E-state index in [2.05, 4.69) is 17.4 Å². The lowest BCUT2D eigenvalue weighted by Gasteiger charge is -2.21. The maximum Gasteiger partial charge on any atom is 0.0593 e.